The quantitative estimate of drug-likeness (QED) is 0.367. The Morgan fingerprint density at radius 1 is 1.42 bits per heavy atom. The molecule has 1 aromatic heterocycles. The number of nitrogens with one attached hydrogen (secondary N) is 2. The molecule has 1 aliphatic carbocycles. The highest BCUT2D eigenvalue weighted by Crippen LogP contribution is 2.33. The van der Waals surface area contributed by atoms with Gasteiger partial charge >= 0.3 is 6.18 Å². The normalized spacial score (nSPS) is 24.4. The van der Waals surface area contributed by atoms with Crippen LogP contribution in [0.4, 0.5) is 13.2 Å². The van der Waals surface area contributed by atoms with Crippen molar-refractivity contribution in [1.82, 2.24) is 20.5 Å². The standard InChI is InChI=1S/C16H24F3N5S.HI/c1-3-20-15(21-7-14-23-13(9-25-14)16(17,18)19)22-11-6-10(2)24(8-11)12-4-5-12;/h9-12H,3-8H2,1-2H3,(H2,20,21,22);1H. The van der Waals surface area contributed by atoms with E-state index in [1.54, 1.807) is 0 Å². The van der Waals surface area contributed by atoms with Crippen molar-refractivity contribution >= 4 is 41.3 Å². The van der Waals surface area contributed by atoms with Crippen molar-refractivity contribution in [3.8, 4) is 0 Å². The van der Waals surface area contributed by atoms with Gasteiger partial charge in [-0.05, 0) is 33.1 Å². The molecule has 2 unspecified atom stereocenters. The van der Waals surface area contributed by atoms with Crippen molar-refractivity contribution in [1.29, 1.82) is 0 Å². The summed E-state index contributed by atoms with van der Waals surface area (Å²) >= 11 is 0.990. The molecule has 3 rings (SSSR count). The maximum absolute atomic E-state index is 12.6. The predicted molar refractivity (Wildman–Crippen MR) is 108 cm³/mol. The minimum Gasteiger partial charge on any atom is -0.357 e. The predicted octanol–water partition coefficient (Wildman–Crippen LogP) is 3.46. The topological polar surface area (TPSA) is 52.6 Å². The van der Waals surface area contributed by atoms with Gasteiger partial charge in [0.25, 0.3) is 0 Å². The zero-order valence-corrected chi connectivity index (χ0v) is 18.0. The molecule has 148 valence electrons. The van der Waals surface area contributed by atoms with Crippen LogP contribution in [0.25, 0.3) is 0 Å². The molecule has 26 heavy (non-hydrogen) atoms. The molecule has 2 fully saturated rings. The molecule has 2 aliphatic rings. The minimum atomic E-state index is -4.40. The van der Waals surface area contributed by atoms with Crippen molar-refractivity contribution in [3.63, 3.8) is 0 Å². The number of likely N-dealkylation sites (tertiary alicyclic amines) is 1. The maximum Gasteiger partial charge on any atom is 0.434 e. The number of aliphatic imine (C=N–C) groups is 1. The number of hydrogen-bond acceptors (Lipinski definition) is 4. The van der Waals surface area contributed by atoms with Crippen LogP contribution in [0.1, 0.15) is 43.8 Å². The summed E-state index contributed by atoms with van der Waals surface area (Å²) in [6.07, 6.45) is -0.766. The highest BCUT2D eigenvalue weighted by molar-refractivity contribution is 14.0. The molecule has 2 atom stereocenters. The van der Waals surface area contributed by atoms with E-state index in [4.69, 9.17) is 0 Å². The fourth-order valence-corrected chi connectivity index (χ4v) is 3.97. The number of alkyl halides is 3. The van der Waals surface area contributed by atoms with Gasteiger partial charge in [0, 0.05) is 36.6 Å². The van der Waals surface area contributed by atoms with Crippen LogP contribution < -0.4 is 10.6 Å². The largest absolute Gasteiger partial charge is 0.434 e. The molecule has 2 N–H and O–H groups in total. The van der Waals surface area contributed by atoms with Crippen LogP contribution in [-0.4, -0.2) is 47.1 Å². The summed E-state index contributed by atoms with van der Waals surface area (Å²) in [6, 6.07) is 1.61. The third-order valence-corrected chi connectivity index (χ3v) is 5.37. The summed E-state index contributed by atoms with van der Waals surface area (Å²) in [6.45, 7) is 6.05. The highest BCUT2D eigenvalue weighted by Gasteiger charge is 2.39. The monoisotopic (exact) mass is 503 g/mol. The molecule has 5 nitrogen and oxygen atoms in total. The fraction of sp³-hybridized carbons (Fsp3) is 0.750. The van der Waals surface area contributed by atoms with Gasteiger partial charge in [-0.2, -0.15) is 13.2 Å². The van der Waals surface area contributed by atoms with Gasteiger partial charge in [-0.25, -0.2) is 9.98 Å². The van der Waals surface area contributed by atoms with Crippen LogP contribution in [0.15, 0.2) is 10.4 Å². The number of nitrogens with zero attached hydrogens (tertiary/aromatic N) is 3. The Hall–Kier alpha value is -0.620. The lowest BCUT2D eigenvalue weighted by molar-refractivity contribution is -0.140. The van der Waals surface area contributed by atoms with Gasteiger partial charge in [-0.1, -0.05) is 0 Å². The molecule has 0 bridgehead atoms. The number of thiazole rings is 1. The molecule has 1 saturated carbocycles. The van der Waals surface area contributed by atoms with Crippen molar-refractivity contribution in [3.05, 3.63) is 16.1 Å². The number of guanidine groups is 1. The van der Waals surface area contributed by atoms with E-state index in [0.29, 0.717) is 29.6 Å². The van der Waals surface area contributed by atoms with E-state index in [2.05, 4.69) is 32.4 Å². The van der Waals surface area contributed by atoms with Gasteiger partial charge in [-0.3, -0.25) is 4.90 Å². The van der Waals surface area contributed by atoms with E-state index < -0.39 is 11.9 Å². The van der Waals surface area contributed by atoms with E-state index in [9.17, 15) is 13.2 Å². The Labute approximate surface area is 172 Å². The molecule has 0 radical (unpaired) electrons. The van der Waals surface area contributed by atoms with Gasteiger partial charge in [-0.15, -0.1) is 35.3 Å². The summed E-state index contributed by atoms with van der Waals surface area (Å²) in [5.41, 5.74) is -0.842. The lowest BCUT2D eigenvalue weighted by Gasteiger charge is -2.20. The first kappa shape index (κ1) is 21.7. The second-order valence-electron chi connectivity index (χ2n) is 6.67. The van der Waals surface area contributed by atoms with Crippen LogP contribution in [0, 0.1) is 0 Å². The lowest BCUT2D eigenvalue weighted by atomic mass is 10.2. The van der Waals surface area contributed by atoms with Gasteiger partial charge in [0.05, 0.1) is 6.54 Å². The second kappa shape index (κ2) is 9.05. The highest BCUT2D eigenvalue weighted by atomic mass is 127. The summed E-state index contributed by atoms with van der Waals surface area (Å²) in [5.74, 6) is 0.640. The van der Waals surface area contributed by atoms with E-state index in [1.165, 1.54) is 12.8 Å². The van der Waals surface area contributed by atoms with Gasteiger partial charge in [0.2, 0.25) is 0 Å². The van der Waals surface area contributed by atoms with Gasteiger partial charge in [0.1, 0.15) is 5.01 Å². The van der Waals surface area contributed by atoms with Crippen LogP contribution in [0.2, 0.25) is 0 Å². The first-order valence-electron chi connectivity index (χ1n) is 8.69. The van der Waals surface area contributed by atoms with Crippen molar-refractivity contribution in [2.45, 2.75) is 64.0 Å². The van der Waals surface area contributed by atoms with E-state index in [1.807, 2.05) is 6.92 Å². The van der Waals surface area contributed by atoms with Gasteiger partial charge < -0.3 is 10.6 Å². The summed E-state index contributed by atoms with van der Waals surface area (Å²) < 4.78 is 37.8. The summed E-state index contributed by atoms with van der Waals surface area (Å²) in [4.78, 5) is 10.6. The third kappa shape index (κ3) is 5.69. The molecular weight excluding hydrogens is 478 g/mol. The molecule has 2 heterocycles. The smallest absolute Gasteiger partial charge is 0.357 e. The Morgan fingerprint density at radius 3 is 2.73 bits per heavy atom. The molecule has 0 aromatic carbocycles. The zero-order chi connectivity index (χ0) is 18.0. The molecule has 1 aliphatic heterocycles. The van der Waals surface area contributed by atoms with E-state index in [-0.39, 0.29) is 30.5 Å². The number of hydrogen-bond donors (Lipinski definition) is 2. The Kier molecular flexibility index (Phi) is 7.54. The Bertz CT molecular complexity index is 617. The molecular formula is C16H25F3IN5S. The fourth-order valence-electron chi connectivity index (χ4n) is 3.25. The second-order valence-corrected chi connectivity index (χ2v) is 7.62. The van der Waals surface area contributed by atoms with Gasteiger partial charge in [0.15, 0.2) is 11.7 Å². The van der Waals surface area contributed by atoms with Crippen LogP contribution in [0.3, 0.4) is 0 Å². The minimum absolute atomic E-state index is 0. The zero-order valence-electron chi connectivity index (χ0n) is 14.8. The van der Waals surface area contributed by atoms with E-state index >= 15 is 0 Å². The first-order chi connectivity index (χ1) is 11.9. The van der Waals surface area contributed by atoms with Crippen LogP contribution >= 0.6 is 35.3 Å². The van der Waals surface area contributed by atoms with Crippen LogP contribution in [-0.2, 0) is 12.7 Å². The Balaban J connectivity index is 0.00000243. The Morgan fingerprint density at radius 2 is 2.15 bits per heavy atom. The summed E-state index contributed by atoms with van der Waals surface area (Å²) in [5, 5.41) is 7.99. The lowest BCUT2D eigenvalue weighted by Crippen LogP contribution is -2.44. The SMILES string of the molecule is CCNC(=NCc1nc(C(F)(F)F)cs1)NC1CC(C)N(C2CC2)C1.I. The number of aromatic nitrogens is 1. The molecule has 0 amide bonds. The average molecular weight is 503 g/mol. The molecule has 0 spiro atoms. The molecule has 10 heteroatoms. The summed E-state index contributed by atoms with van der Waals surface area (Å²) in [7, 11) is 0. The van der Waals surface area contributed by atoms with E-state index in [0.717, 1.165) is 35.7 Å². The molecule has 1 saturated heterocycles. The molecule has 1 aromatic rings. The van der Waals surface area contributed by atoms with Crippen LogP contribution in [0.5, 0.6) is 0 Å². The van der Waals surface area contributed by atoms with Crippen molar-refractivity contribution < 1.29 is 13.2 Å². The van der Waals surface area contributed by atoms with Crippen molar-refractivity contribution in [2.24, 2.45) is 4.99 Å². The van der Waals surface area contributed by atoms with Crippen molar-refractivity contribution in [2.75, 3.05) is 13.1 Å². The first-order valence-corrected chi connectivity index (χ1v) is 9.57. The number of halogens is 4. The third-order valence-electron chi connectivity index (χ3n) is 4.54. The number of rotatable bonds is 5. The maximum atomic E-state index is 12.6. The average Bonchev–Trinajstić information content (AvgIpc) is 3.13.